The van der Waals surface area contributed by atoms with Crippen LogP contribution in [0.1, 0.15) is 44.5 Å². The van der Waals surface area contributed by atoms with E-state index in [1.54, 1.807) is 18.2 Å². The summed E-state index contributed by atoms with van der Waals surface area (Å²) in [6, 6.07) is 6.63. The number of carbonyl (C=O) groups is 1. The largest absolute Gasteiger partial charge is 0.483 e. The number of hydrogen-bond acceptors (Lipinski definition) is 6. The van der Waals surface area contributed by atoms with Crippen molar-refractivity contribution in [3.63, 3.8) is 0 Å². The summed E-state index contributed by atoms with van der Waals surface area (Å²) >= 11 is 1.46. The lowest BCUT2D eigenvalue weighted by Crippen LogP contribution is -2.47. The molecule has 0 unspecified atom stereocenters. The standard InChI is InChI=1S/C25H34FN5O2S/c1-17(20-14-18-7-8-19(20)13-18)31-23(15-33-22-6-4-3-5-21(22)26)27-28-25(31)34-16-24(32)30-11-9-29(2)10-12-30/h3-6,17-20H,7-16H2,1-2H3/t17-,18-,19-,20-/m0/s1. The van der Waals surface area contributed by atoms with Crippen molar-refractivity contribution in [1.82, 2.24) is 24.6 Å². The summed E-state index contributed by atoms with van der Waals surface area (Å²) in [5, 5.41) is 9.64. The molecule has 0 spiro atoms. The first-order valence-electron chi connectivity index (χ1n) is 12.4. The molecule has 3 aliphatic rings. The highest BCUT2D eigenvalue weighted by Crippen LogP contribution is 2.52. The van der Waals surface area contributed by atoms with E-state index in [4.69, 9.17) is 4.74 Å². The zero-order valence-electron chi connectivity index (χ0n) is 20.0. The fourth-order valence-electron chi connectivity index (χ4n) is 5.97. The van der Waals surface area contributed by atoms with Crippen LogP contribution in [0.15, 0.2) is 29.4 Å². The molecule has 0 N–H and O–H groups in total. The first-order chi connectivity index (χ1) is 16.5. The Balaban J connectivity index is 1.32. The number of para-hydroxylation sites is 1. The maximum absolute atomic E-state index is 14.1. The Hall–Kier alpha value is -2.13. The second-order valence-corrected chi connectivity index (χ2v) is 11.0. The van der Waals surface area contributed by atoms with Crippen molar-refractivity contribution in [2.75, 3.05) is 39.0 Å². The molecule has 1 aromatic heterocycles. The maximum atomic E-state index is 14.1. The van der Waals surface area contributed by atoms with Crippen LogP contribution in [0.2, 0.25) is 0 Å². The van der Waals surface area contributed by atoms with Crippen LogP contribution >= 0.6 is 11.8 Å². The number of fused-ring (bicyclic) bond motifs is 2. The number of carbonyl (C=O) groups excluding carboxylic acids is 1. The molecule has 7 nitrogen and oxygen atoms in total. The summed E-state index contributed by atoms with van der Waals surface area (Å²) < 4.78 is 22.1. The molecule has 2 aromatic rings. The third-order valence-electron chi connectivity index (χ3n) is 7.93. The summed E-state index contributed by atoms with van der Waals surface area (Å²) in [6.07, 6.45) is 5.21. The minimum Gasteiger partial charge on any atom is -0.483 e. The summed E-state index contributed by atoms with van der Waals surface area (Å²) in [4.78, 5) is 17.0. The minimum atomic E-state index is -0.387. The topological polar surface area (TPSA) is 63.5 Å². The lowest BCUT2D eigenvalue weighted by atomic mass is 9.84. The van der Waals surface area contributed by atoms with Gasteiger partial charge in [0.05, 0.1) is 5.75 Å². The molecule has 1 saturated heterocycles. The van der Waals surface area contributed by atoms with Gasteiger partial charge in [-0.1, -0.05) is 30.3 Å². The fourth-order valence-corrected chi connectivity index (χ4v) is 6.91. The van der Waals surface area contributed by atoms with Crippen LogP contribution < -0.4 is 4.74 Å². The number of rotatable bonds is 8. The molecule has 184 valence electrons. The van der Waals surface area contributed by atoms with E-state index in [0.29, 0.717) is 17.5 Å². The molecule has 3 fully saturated rings. The Morgan fingerprint density at radius 3 is 2.68 bits per heavy atom. The van der Waals surface area contributed by atoms with Crippen LogP contribution in [0.3, 0.4) is 0 Å². The fraction of sp³-hybridized carbons (Fsp3) is 0.640. The van der Waals surface area contributed by atoms with Crippen LogP contribution in [-0.2, 0) is 11.4 Å². The lowest BCUT2D eigenvalue weighted by molar-refractivity contribution is -0.129. The summed E-state index contributed by atoms with van der Waals surface area (Å²) in [7, 11) is 2.08. The van der Waals surface area contributed by atoms with E-state index in [9.17, 15) is 9.18 Å². The van der Waals surface area contributed by atoms with Crippen LogP contribution in [0, 0.1) is 23.6 Å². The Kier molecular flexibility index (Phi) is 7.11. The molecule has 9 heteroatoms. The predicted octanol–water partition coefficient (Wildman–Crippen LogP) is 3.86. The molecule has 1 amide bonds. The molecular formula is C25H34FN5O2S. The monoisotopic (exact) mass is 487 g/mol. The normalized spacial score (nSPS) is 25.6. The second kappa shape index (κ2) is 10.2. The second-order valence-electron chi connectivity index (χ2n) is 10.0. The van der Waals surface area contributed by atoms with Gasteiger partial charge in [0, 0.05) is 32.2 Å². The predicted molar refractivity (Wildman–Crippen MR) is 129 cm³/mol. The first kappa shape index (κ1) is 23.6. The summed E-state index contributed by atoms with van der Waals surface area (Å²) in [5.74, 6) is 3.16. The van der Waals surface area contributed by atoms with Gasteiger partial charge < -0.3 is 14.5 Å². The van der Waals surface area contributed by atoms with Gasteiger partial charge in [-0.25, -0.2) is 4.39 Å². The van der Waals surface area contributed by atoms with Gasteiger partial charge in [0.15, 0.2) is 22.5 Å². The van der Waals surface area contributed by atoms with Crippen LogP contribution in [0.25, 0.3) is 0 Å². The van der Waals surface area contributed by atoms with Gasteiger partial charge in [-0.15, -0.1) is 10.2 Å². The molecule has 1 aromatic carbocycles. The Morgan fingerprint density at radius 2 is 1.97 bits per heavy atom. The van der Waals surface area contributed by atoms with Gasteiger partial charge >= 0.3 is 0 Å². The number of ether oxygens (including phenoxy) is 1. The number of likely N-dealkylation sites (N-methyl/N-ethyl adjacent to an activating group) is 1. The SMILES string of the molecule is C[C@@H]([C@@H]1C[C@H]2CC[C@H]1C2)n1c(COc2ccccc2F)nnc1SCC(=O)N1CCN(C)CC1. The zero-order valence-corrected chi connectivity index (χ0v) is 20.8. The van der Waals surface area contributed by atoms with Crippen molar-refractivity contribution in [3.05, 3.63) is 35.9 Å². The van der Waals surface area contributed by atoms with Crippen molar-refractivity contribution >= 4 is 17.7 Å². The van der Waals surface area contributed by atoms with Crippen molar-refractivity contribution in [2.24, 2.45) is 17.8 Å². The smallest absolute Gasteiger partial charge is 0.233 e. The lowest BCUT2D eigenvalue weighted by Gasteiger charge is -2.32. The minimum absolute atomic E-state index is 0.143. The Bertz CT molecular complexity index is 1010. The molecule has 2 saturated carbocycles. The third kappa shape index (κ3) is 4.96. The number of aromatic nitrogens is 3. The summed E-state index contributed by atoms with van der Waals surface area (Å²) in [5.41, 5.74) is 0. The van der Waals surface area contributed by atoms with Crippen LogP contribution in [-0.4, -0.2) is 69.5 Å². The van der Waals surface area contributed by atoms with Gasteiger partial charge in [-0.3, -0.25) is 9.36 Å². The van der Waals surface area contributed by atoms with Gasteiger partial charge in [0.25, 0.3) is 0 Å². The molecule has 2 heterocycles. The molecular weight excluding hydrogens is 453 g/mol. The molecule has 0 radical (unpaired) electrons. The number of amides is 1. The first-order valence-corrected chi connectivity index (χ1v) is 13.4. The van der Waals surface area contributed by atoms with E-state index in [-0.39, 0.29) is 30.1 Å². The molecule has 5 rings (SSSR count). The highest BCUT2D eigenvalue weighted by Gasteiger charge is 2.43. The quantitative estimate of drug-likeness (QED) is 0.527. The van der Waals surface area contributed by atoms with E-state index < -0.39 is 0 Å². The third-order valence-corrected chi connectivity index (χ3v) is 8.86. The van der Waals surface area contributed by atoms with E-state index in [2.05, 4.69) is 33.6 Å². The molecule has 1 aliphatic heterocycles. The van der Waals surface area contributed by atoms with Crippen molar-refractivity contribution in [3.8, 4) is 5.75 Å². The van der Waals surface area contributed by atoms with E-state index in [0.717, 1.165) is 43.2 Å². The molecule has 4 atom stereocenters. The number of halogens is 1. The van der Waals surface area contributed by atoms with Gasteiger partial charge in [0.2, 0.25) is 5.91 Å². The highest BCUT2D eigenvalue weighted by molar-refractivity contribution is 7.99. The Morgan fingerprint density at radius 1 is 1.18 bits per heavy atom. The number of piperazine rings is 1. The van der Waals surface area contributed by atoms with Crippen molar-refractivity contribution < 1.29 is 13.9 Å². The average Bonchev–Trinajstić information content (AvgIpc) is 3.58. The maximum Gasteiger partial charge on any atom is 0.233 e. The summed E-state index contributed by atoms with van der Waals surface area (Å²) in [6.45, 7) is 5.74. The van der Waals surface area contributed by atoms with Crippen molar-refractivity contribution in [2.45, 2.75) is 50.4 Å². The van der Waals surface area contributed by atoms with Crippen LogP contribution in [0.5, 0.6) is 5.75 Å². The number of nitrogens with zero attached hydrogens (tertiary/aromatic N) is 5. The van der Waals surface area contributed by atoms with Gasteiger partial charge in [0.1, 0.15) is 6.61 Å². The van der Waals surface area contributed by atoms with E-state index >= 15 is 0 Å². The average molecular weight is 488 g/mol. The van der Waals surface area contributed by atoms with Gasteiger partial charge in [-0.05, 0) is 63.1 Å². The number of hydrogen-bond donors (Lipinski definition) is 0. The van der Waals surface area contributed by atoms with Gasteiger partial charge in [-0.2, -0.15) is 0 Å². The van der Waals surface area contributed by atoms with Crippen molar-refractivity contribution in [1.29, 1.82) is 0 Å². The zero-order chi connectivity index (χ0) is 23.7. The van der Waals surface area contributed by atoms with Crippen LogP contribution in [0.4, 0.5) is 4.39 Å². The van der Waals surface area contributed by atoms with E-state index in [1.165, 1.54) is 43.5 Å². The number of benzene rings is 1. The molecule has 2 bridgehead atoms. The Labute approximate surface area is 205 Å². The van der Waals surface area contributed by atoms with E-state index in [1.807, 2.05) is 4.90 Å². The molecule has 2 aliphatic carbocycles. The highest BCUT2D eigenvalue weighted by atomic mass is 32.2. The molecule has 34 heavy (non-hydrogen) atoms. The number of thioether (sulfide) groups is 1.